The van der Waals surface area contributed by atoms with Gasteiger partial charge in [0.25, 0.3) is 0 Å². The van der Waals surface area contributed by atoms with Crippen LogP contribution in [0.1, 0.15) is 72.2 Å². The van der Waals surface area contributed by atoms with Gasteiger partial charge in [0, 0.05) is 12.5 Å². The summed E-state index contributed by atoms with van der Waals surface area (Å²) in [4.78, 5) is 0. The van der Waals surface area contributed by atoms with Crippen molar-refractivity contribution in [2.45, 2.75) is 49.7 Å². The van der Waals surface area contributed by atoms with Gasteiger partial charge < -0.3 is 9.31 Å². The van der Waals surface area contributed by atoms with Crippen molar-refractivity contribution in [1.29, 1.82) is 0 Å². The van der Waals surface area contributed by atoms with Crippen LogP contribution in [0.4, 0.5) is 0 Å². The van der Waals surface area contributed by atoms with E-state index in [-0.39, 0.29) is 22.0 Å². The van der Waals surface area contributed by atoms with Crippen LogP contribution in [0.3, 0.4) is 0 Å². The van der Waals surface area contributed by atoms with E-state index in [1.54, 1.807) is 0 Å². The summed E-state index contributed by atoms with van der Waals surface area (Å²) in [6, 6.07) is 93.6. The molecule has 1 heterocycles. The molecule has 394 valence electrons. The third-order valence-electron chi connectivity index (χ3n) is 18.5. The molecule has 12 aromatic carbocycles. The van der Waals surface area contributed by atoms with Crippen LogP contribution in [0.2, 0.25) is 0 Å². The molecule has 2 unspecified atom stereocenters. The van der Waals surface area contributed by atoms with Crippen LogP contribution in [-0.2, 0) is 20.1 Å². The fourth-order valence-electron chi connectivity index (χ4n) is 14.2. The van der Waals surface area contributed by atoms with Crippen LogP contribution >= 0.6 is 54.5 Å². The van der Waals surface area contributed by atoms with Crippen molar-refractivity contribution in [3.05, 3.63) is 312 Å². The maximum absolute atomic E-state index is 6.51. The van der Waals surface area contributed by atoms with Gasteiger partial charge in [-0.25, -0.2) is 0 Å². The maximum atomic E-state index is 6.51. The minimum Gasteiger partial charge on any atom is -0.399 e. The first-order valence-electron chi connectivity index (χ1n) is 28.1. The molecule has 0 amide bonds. The fraction of sp³-hybridized carbons (Fsp3) is 0.105. The number of halogens is 3. The molecule has 0 N–H and O–H groups in total. The molecule has 2 nitrogen and oxygen atoms in total. The van der Waals surface area contributed by atoms with Crippen molar-refractivity contribution in [2.24, 2.45) is 0 Å². The molecule has 1 aliphatic heterocycles. The fourth-order valence-corrected chi connectivity index (χ4v) is 15.1. The van der Waals surface area contributed by atoms with Gasteiger partial charge in [-0.1, -0.05) is 244 Å². The molecule has 0 radical (unpaired) electrons. The van der Waals surface area contributed by atoms with Crippen LogP contribution in [0.5, 0.6) is 0 Å². The zero-order valence-corrected chi connectivity index (χ0v) is 51.1. The van der Waals surface area contributed by atoms with E-state index in [1.165, 1.54) is 125 Å². The lowest BCUT2D eigenvalue weighted by molar-refractivity contribution is 0.00578. The van der Waals surface area contributed by atoms with E-state index in [1.807, 2.05) is 12.1 Å². The Morgan fingerprint density at radius 2 is 0.707 bits per heavy atom. The molecule has 1 fully saturated rings. The third-order valence-corrected chi connectivity index (χ3v) is 20.3. The SMILES string of the molecule is Brc1ccc(-c2ccc3c(c2)C2(c4ccccc4-3)c3ccccc3-c3c2ccc2ccccc32)cc1.Brc1ccc(I)cc1.CC1(C)OB(c2ccc3c(c2)C2(c4ccccc4-3)c3ccccc3-c3c2ccc2ccccc32)OC1(C)C. The predicted molar refractivity (Wildman–Crippen MR) is 356 cm³/mol. The van der Waals surface area contributed by atoms with Crippen molar-refractivity contribution in [2.75, 3.05) is 0 Å². The van der Waals surface area contributed by atoms with E-state index in [4.69, 9.17) is 9.31 Å². The van der Waals surface area contributed by atoms with Crippen molar-refractivity contribution < 1.29 is 9.31 Å². The average molecular weight is 1300 g/mol. The Morgan fingerprint density at radius 3 is 1.20 bits per heavy atom. The molecule has 6 heteroatoms. The Hall–Kier alpha value is -7.17. The van der Waals surface area contributed by atoms with E-state index in [0.717, 1.165) is 14.4 Å². The van der Waals surface area contributed by atoms with Crippen molar-refractivity contribution in [3.63, 3.8) is 0 Å². The van der Waals surface area contributed by atoms with Crippen molar-refractivity contribution in [3.8, 4) is 55.6 Å². The lowest BCUT2D eigenvalue weighted by atomic mass is 9.68. The van der Waals surface area contributed by atoms with E-state index < -0.39 is 7.12 Å². The predicted octanol–water partition coefficient (Wildman–Crippen LogP) is 20.1. The van der Waals surface area contributed by atoms with E-state index in [9.17, 15) is 0 Å². The first-order valence-corrected chi connectivity index (χ1v) is 30.8. The molecule has 17 rings (SSSR count). The Morgan fingerprint density at radius 1 is 0.329 bits per heavy atom. The molecule has 0 saturated carbocycles. The molecular formula is C76H54BBr2IO2. The molecule has 5 aliphatic rings. The highest BCUT2D eigenvalue weighted by Crippen LogP contribution is 2.65. The molecule has 1 saturated heterocycles. The van der Waals surface area contributed by atoms with Gasteiger partial charge in [-0.2, -0.15) is 0 Å². The second-order valence-electron chi connectivity index (χ2n) is 23.2. The average Bonchev–Trinajstić information content (AvgIpc) is 4.32. The lowest BCUT2D eigenvalue weighted by Crippen LogP contribution is -2.41. The molecule has 0 aromatic heterocycles. The monoisotopic (exact) mass is 1290 g/mol. The number of fused-ring (bicyclic) bond motifs is 24. The highest BCUT2D eigenvalue weighted by molar-refractivity contribution is 14.1. The number of hydrogen-bond donors (Lipinski definition) is 0. The summed E-state index contributed by atoms with van der Waals surface area (Å²) < 4.78 is 16.5. The largest absolute Gasteiger partial charge is 0.494 e. The Balaban J connectivity index is 0.000000124. The Kier molecular flexibility index (Phi) is 12.3. The van der Waals surface area contributed by atoms with Gasteiger partial charge in [0.15, 0.2) is 0 Å². The van der Waals surface area contributed by atoms with Crippen LogP contribution in [0.25, 0.3) is 77.2 Å². The summed E-state index contributed by atoms with van der Waals surface area (Å²) in [7, 11) is -0.404. The van der Waals surface area contributed by atoms with E-state index in [0.29, 0.717) is 0 Å². The zero-order valence-electron chi connectivity index (χ0n) is 45.8. The molecular weight excluding hydrogens is 1240 g/mol. The summed E-state index contributed by atoms with van der Waals surface area (Å²) in [5.41, 5.74) is 23.6. The summed E-state index contributed by atoms with van der Waals surface area (Å²) in [6.45, 7) is 8.47. The molecule has 4 aliphatic carbocycles. The van der Waals surface area contributed by atoms with Gasteiger partial charge in [-0.3, -0.25) is 0 Å². The smallest absolute Gasteiger partial charge is 0.399 e. The van der Waals surface area contributed by atoms with Gasteiger partial charge in [-0.05, 0) is 220 Å². The molecule has 12 aromatic rings. The summed E-state index contributed by atoms with van der Waals surface area (Å²) in [6.07, 6.45) is 0. The number of benzene rings is 12. The minimum atomic E-state index is -0.404. The second-order valence-corrected chi connectivity index (χ2v) is 26.3. The normalized spacial score (nSPS) is 18.1. The standard InChI is InChI=1S/C35H29BO2.C35H21Br.C6H4BrI/c1-33(2)34(3,4)38-36(37-33)23-18-19-26-25-13-7-9-15-28(25)35(31(26)21-23)29-16-10-8-14-27(29)32-24-12-6-5-11-22(24)17-20-30(32)35;36-25-17-13-22(14-18-25)24-15-19-28-27-9-3-5-11-30(27)35(33(28)21-24)31-12-6-4-10-29(31)34-26-8-2-1-7-23(26)16-20-32(34)35;7-5-1-3-6(8)4-2-5/h5-21H,1-4H3;1-21H;1-4H. The quantitative estimate of drug-likeness (QED) is 0.127. The van der Waals surface area contributed by atoms with Crippen LogP contribution in [0.15, 0.2) is 264 Å². The van der Waals surface area contributed by atoms with Gasteiger partial charge in [0.2, 0.25) is 0 Å². The van der Waals surface area contributed by atoms with Crippen molar-refractivity contribution >= 4 is 88.6 Å². The summed E-state index contributed by atoms with van der Waals surface area (Å²) in [5.74, 6) is 0. The van der Waals surface area contributed by atoms with Crippen LogP contribution in [-0.4, -0.2) is 18.3 Å². The topological polar surface area (TPSA) is 18.5 Å². The van der Waals surface area contributed by atoms with Gasteiger partial charge in [0.05, 0.1) is 22.0 Å². The third kappa shape index (κ3) is 7.64. The van der Waals surface area contributed by atoms with Gasteiger partial charge in [-0.15, -0.1) is 0 Å². The highest BCUT2D eigenvalue weighted by Gasteiger charge is 2.56. The zero-order chi connectivity index (χ0) is 55.7. The van der Waals surface area contributed by atoms with Gasteiger partial charge >= 0.3 is 7.12 Å². The Labute approximate surface area is 510 Å². The molecule has 82 heavy (non-hydrogen) atoms. The first-order chi connectivity index (χ1) is 39.9. The van der Waals surface area contributed by atoms with E-state index in [2.05, 4.69) is 325 Å². The number of rotatable bonds is 2. The molecule has 2 spiro atoms. The summed E-state index contributed by atoms with van der Waals surface area (Å²) in [5, 5.41) is 5.20. The van der Waals surface area contributed by atoms with Crippen molar-refractivity contribution in [1.82, 2.24) is 0 Å². The molecule has 0 bridgehead atoms. The minimum absolute atomic E-state index is 0.326. The van der Waals surface area contributed by atoms with Gasteiger partial charge in [0.1, 0.15) is 0 Å². The second kappa shape index (κ2) is 19.5. The maximum Gasteiger partial charge on any atom is 0.494 e. The Bertz CT molecular complexity index is 4550. The highest BCUT2D eigenvalue weighted by atomic mass is 127. The summed E-state index contributed by atoms with van der Waals surface area (Å²) >= 11 is 9.21. The van der Waals surface area contributed by atoms with Crippen LogP contribution < -0.4 is 5.46 Å². The number of hydrogen-bond acceptors (Lipinski definition) is 2. The molecule has 2 atom stereocenters. The first kappa shape index (κ1) is 51.7. The van der Waals surface area contributed by atoms with E-state index >= 15 is 0 Å². The van der Waals surface area contributed by atoms with Crippen LogP contribution in [0, 0.1) is 3.57 Å². The lowest BCUT2D eigenvalue weighted by Gasteiger charge is -2.32.